The van der Waals surface area contributed by atoms with Crippen molar-refractivity contribution in [2.24, 2.45) is 7.05 Å². The molecule has 0 aliphatic carbocycles. The van der Waals surface area contributed by atoms with Gasteiger partial charge in [-0.25, -0.2) is 0 Å². The van der Waals surface area contributed by atoms with Crippen LogP contribution in [-0.4, -0.2) is 33.7 Å². The van der Waals surface area contributed by atoms with Crippen molar-refractivity contribution in [3.63, 3.8) is 0 Å². The first-order valence-electron chi connectivity index (χ1n) is 3.94. The third-order valence-electron chi connectivity index (χ3n) is 1.93. The lowest BCUT2D eigenvalue weighted by molar-refractivity contribution is 0.0303. The average Bonchev–Trinajstić information content (AvgIpc) is 2.32. The van der Waals surface area contributed by atoms with E-state index in [1.807, 2.05) is 7.05 Å². The Morgan fingerprint density at radius 3 is 2.83 bits per heavy atom. The van der Waals surface area contributed by atoms with E-state index in [-0.39, 0.29) is 5.60 Å². The van der Waals surface area contributed by atoms with Gasteiger partial charge in [-0.05, 0) is 6.92 Å². The Kier molecular flexibility index (Phi) is 1.54. The predicted molar refractivity (Wildman–Crippen MR) is 42.9 cm³/mol. The fourth-order valence-corrected chi connectivity index (χ4v) is 1.17. The first-order chi connectivity index (χ1) is 5.68. The van der Waals surface area contributed by atoms with Gasteiger partial charge in [0.1, 0.15) is 5.60 Å². The molecule has 0 atom stereocenters. The van der Waals surface area contributed by atoms with Gasteiger partial charge in [0.05, 0.1) is 6.20 Å². The van der Waals surface area contributed by atoms with Crippen molar-refractivity contribution in [1.29, 1.82) is 0 Å². The van der Waals surface area contributed by atoms with Crippen LogP contribution in [0.3, 0.4) is 0 Å². The quantitative estimate of drug-likeness (QED) is 0.650. The van der Waals surface area contributed by atoms with Gasteiger partial charge < -0.3 is 10.1 Å². The van der Waals surface area contributed by atoms with E-state index in [1.165, 1.54) is 0 Å². The zero-order valence-corrected chi connectivity index (χ0v) is 7.24. The smallest absolute Gasteiger partial charge is 0.254 e. The number of aryl methyl sites for hydroxylation is 1. The summed E-state index contributed by atoms with van der Waals surface area (Å²) in [6.45, 7) is 3.81. The molecular weight excluding hydrogens is 156 g/mol. The van der Waals surface area contributed by atoms with E-state index < -0.39 is 0 Å². The number of nitrogens with zero attached hydrogens (tertiary/aromatic N) is 3. The molecule has 0 spiro atoms. The van der Waals surface area contributed by atoms with Crippen molar-refractivity contribution in [2.75, 3.05) is 13.1 Å². The maximum absolute atomic E-state index is 5.60. The van der Waals surface area contributed by atoms with E-state index in [2.05, 4.69) is 22.6 Å². The van der Waals surface area contributed by atoms with Gasteiger partial charge in [-0.1, -0.05) is 10.3 Å². The molecule has 0 amide bonds. The van der Waals surface area contributed by atoms with Crippen LogP contribution in [0.25, 0.3) is 0 Å². The van der Waals surface area contributed by atoms with Crippen LogP contribution in [0.5, 0.6) is 5.88 Å². The van der Waals surface area contributed by atoms with Crippen molar-refractivity contribution in [3.05, 3.63) is 6.20 Å². The summed E-state index contributed by atoms with van der Waals surface area (Å²) >= 11 is 0. The number of hydrogen-bond donors (Lipinski definition) is 1. The van der Waals surface area contributed by atoms with Crippen molar-refractivity contribution in [1.82, 2.24) is 20.3 Å². The average molecular weight is 168 g/mol. The molecule has 2 rings (SSSR count). The van der Waals surface area contributed by atoms with Crippen molar-refractivity contribution in [2.45, 2.75) is 12.5 Å². The molecule has 1 aliphatic rings. The summed E-state index contributed by atoms with van der Waals surface area (Å²) < 4.78 is 7.23. The van der Waals surface area contributed by atoms with Gasteiger partial charge >= 0.3 is 0 Å². The molecule has 5 heteroatoms. The van der Waals surface area contributed by atoms with Crippen LogP contribution in [0, 0.1) is 0 Å². The molecule has 0 unspecified atom stereocenters. The summed E-state index contributed by atoms with van der Waals surface area (Å²) in [6.07, 6.45) is 1.77. The van der Waals surface area contributed by atoms with E-state index >= 15 is 0 Å². The SMILES string of the molecule is Cn1cc(OC2(C)CNC2)nn1. The molecule has 5 nitrogen and oxygen atoms in total. The van der Waals surface area contributed by atoms with Gasteiger partial charge in [0.15, 0.2) is 0 Å². The minimum absolute atomic E-state index is 0.0873. The lowest BCUT2D eigenvalue weighted by Crippen LogP contribution is -2.61. The second-order valence-corrected chi connectivity index (χ2v) is 3.39. The number of ether oxygens (including phenoxy) is 1. The monoisotopic (exact) mass is 168 g/mol. The van der Waals surface area contributed by atoms with Crippen molar-refractivity contribution >= 4 is 0 Å². The summed E-state index contributed by atoms with van der Waals surface area (Å²) in [5, 5.41) is 10.8. The number of hydrogen-bond acceptors (Lipinski definition) is 4. The molecule has 1 aromatic heterocycles. The predicted octanol–water partition coefficient (Wildman–Crippen LogP) is -0.444. The van der Waals surface area contributed by atoms with Crippen LogP contribution in [0.2, 0.25) is 0 Å². The maximum atomic E-state index is 5.60. The van der Waals surface area contributed by atoms with E-state index in [9.17, 15) is 0 Å². The molecule has 0 radical (unpaired) electrons. The highest BCUT2D eigenvalue weighted by atomic mass is 16.5. The summed E-state index contributed by atoms with van der Waals surface area (Å²) in [5.41, 5.74) is -0.0873. The highest BCUT2D eigenvalue weighted by Crippen LogP contribution is 2.18. The van der Waals surface area contributed by atoms with Gasteiger partial charge in [0, 0.05) is 20.1 Å². The van der Waals surface area contributed by atoms with E-state index in [1.54, 1.807) is 10.9 Å². The van der Waals surface area contributed by atoms with Crippen LogP contribution in [0.15, 0.2) is 6.20 Å². The molecule has 1 saturated heterocycles. The second-order valence-electron chi connectivity index (χ2n) is 3.39. The van der Waals surface area contributed by atoms with Gasteiger partial charge in [-0.2, -0.15) is 0 Å². The molecule has 2 heterocycles. The molecule has 1 N–H and O–H groups in total. The maximum Gasteiger partial charge on any atom is 0.254 e. The van der Waals surface area contributed by atoms with E-state index in [4.69, 9.17) is 4.74 Å². The number of rotatable bonds is 2. The van der Waals surface area contributed by atoms with Crippen LogP contribution < -0.4 is 10.1 Å². The lowest BCUT2D eigenvalue weighted by Gasteiger charge is -2.38. The van der Waals surface area contributed by atoms with Gasteiger partial charge in [0.25, 0.3) is 5.88 Å². The van der Waals surface area contributed by atoms with E-state index in [0.29, 0.717) is 5.88 Å². The Morgan fingerprint density at radius 1 is 1.67 bits per heavy atom. The third-order valence-corrected chi connectivity index (χ3v) is 1.93. The zero-order valence-electron chi connectivity index (χ0n) is 7.24. The fourth-order valence-electron chi connectivity index (χ4n) is 1.17. The lowest BCUT2D eigenvalue weighted by atomic mass is 10.0. The largest absolute Gasteiger partial charge is 0.466 e. The summed E-state index contributed by atoms with van der Waals surface area (Å²) in [6, 6.07) is 0. The normalized spacial score (nSPS) is 20.2. The highest BCUT2D eigenvalue weighted by molar-refractivity contribution is 5.05. The Morgan fingerprint density at radius 2 is 2.42 bits per heavy atom. The number of aromatic nitrogens is 3. The Hall–Kier alpha value is -1.10. The van der Waals surface area contributed by atoms with Crippen LogP contribution in [-0.2, 0) is 7.05 Å². The van der Waals surface area contributed by atoms with Crippen LogP contribution >= 0.6 is 0 Å². The Labute approximate surface area is 70.7 Å². The Bertz CT molecular complexity index is 279. The topological polar surface area (TPSA) is 52.0 Å². The molecular formula is C7H12N4O. The van der Waals surface area contributed by atoms with E-state index in [0.717, 1.165) is 13.1 Å². The molecule has 12 heavy (non-hydrogen) atoms. The third kappa shape index (κ3) is 1.27. The van der Waals surface area contributed by atoms with Crippen LogP contribution in [0.1, 0.15) is 6.92 Å². The zero-order chi connectivity index (χ0) is 8.60. The van der Waals surface area contributed by atoms with Crippen molar-refractivity contribution in [3.8, 4) is 5.88 Å². The molecule has 1 aliphatic heterocycles. The molecule has 0 bridgehead atoms. The molecule has 66 valence electrons. The minimum Gasteiger partial charge on any atom is -0.466 e. The van der Waals surface area contributed by atoms with Crippen molar-refractivity contribution < 1.29 is 4.74 Å². The molecule has 1 aromatic rings. The van der Waals surface area contributed by atoms with Gasteiger partial charge in [0.2, 0.25) is 0 Å². The second kappa shape index (κ2) is 2.45. The fraction of sp³-hybridized carbons (Fsp3) is 0.714. The standard InChI is InChI=1S/C7H12N4O/c1-7(4-8-5-7)12-6-3-11(2)10-9-6/h3,8H,4-5H2,1-2H3. The first kappa shape index (κ1) is 7.54. The highest BCUT2D eigenvalue weighted by Gasteiger charge is 2.34. The molecule has 0 aromatic carbocycles. The summed E-state index contributed by atoms with van der Waals surface area (Å²) in [7, 11) is 1.82. The van der Waals surface area contributed by atoms with Crippen LogP contribution in [0.4, 0.5) is 0 Å². The Balaban J connectivity index is 2.03. The number of nitrogens with one attached hydrogen (secondary N) is 1. The van der Waals surface area contributed by atoms with Gasteiger partial charge in [-0.3, -0.25) is 4.68 Å². The summed E-state index contributed by atoms with van der Waals surface area (Å²) in [4.78, 5) is 0. The molecule has 1 fully saturated rings. The first-order valence-corrected chi connectivity index (χ1v) is 3.94. The van der Waals surface area contributed by atoms with Gasteiger partial charge in [-0.15, -0.1) is 0 Å². The summed E-state index contributed by atoms with van der Waals surface area (Å²) in [5.74, 6) is 0.599. The molecule has 0 saturated carbocycles. The minimum atomic E-state index is -0.0873.